The molecule has 0 heterocycles. The molecule has 0 aliphatic heterocycles. The van der Waals surface area contributed by atoms with Gasteiger partial charge in [0.1, 0.15) is 5.76 Å². The molecule has 0 radical (unpaired) electrons. The van der Waals surface area contributed by atoms with Crippen LogP contribution in [0.2, 0.25) is 0 Å². The van der Waals surface area contributed by atoms with Crippen molar-refractivity contribution >= 4 is 23.8 Å². The Morgan fingerprint density at radius 1 is 0.933 bits per heavy atom. The quantitative estimate of drug-likeness (QED) is 0.289. The number of benzene rings is 2. The van der Waals surface area contributed by atoms with Gasteiger partial charge < -0.3 is 14.9 Å². The van der Waals surface area contributed by atoms with E-state index in [1.54, 1.807) is 25.1 Å². The van der Waals surface area contributed by atoms with E-state index in [1.165, 1.54) is 20.1 Å². The highest BCUT2D eigenvalue weighted by Crippen LogP contribution is 2.20. The molecule has 2 N–H and O–H groups in total. The number of aliphatic hydroxyl groups is 1. The molecule has 2 aromatic rings. The number of carbonyl (C=O) groups excluding carboxylic acids is 1. The largest absolute Gasteiger partial charge is 0.507 e. The van der Waals surface area contributed by atoms with Crippen LogP contribution in [0.3, 0.4) is 0 Å². The maximum Gasteiger partial charge on any atom is 0.332 e. The van der Waals surface area contributed by atoms with Crippen molar-refractivity contribution in [1.82, 2.24) is 0 Å². The predicted octanol–water partition coefficient (Wildman–Crippen LogP) is 5.44. The van der Waals surface area contributed by atoms with Gasteiger partial charge in [0.2, 0.25) is 0 Å². The third-order valence-electron chi connectivity index (χ3n) is 3.82. The molecule has 0 aliphatic rings. The van der Waals surface area contributed by atoms with Gasteiger partial charge >= 0.3 is 11.9 Å². The van der Waals surface area contributed by atoms with Gasteiger partial charge in [-0.15, -0.1) is 0 Å². The minimum Gasteiger partial charge on any atom is -0.507 e. The Labute approximate surface area is 177 Å². The van der Waals surface area contributed by atoms with Crippen molar-refractivity contribution in [2.75, 3.05) is 7.11 Å². The highest BCUT2D eigenvalue weighted by Gasteiger charge is 2.07. The minimum atomic E-state index is -1.02. The van der Waals surface area contributed by atoms with E-state index in [0.717, 1.165) is 5.56 Å². The molecular weight excluding hydrogens is 380 g/mol. The third kappa shape index (κ3) is 8.44. The van der Waals surface area contributed by atoms with Gasteiger partial charge in [-0.25, -0.2) is 9.59 Å². The van der Waals surface area contributed by atoms with Crippen LogP contribution in [0.4, 0.5) is 0 Å². The number of hydrogen-bond donors (Lipinski definition) is 2. The molecule has 5 heteroatoms. The lowest BCUT2D eigenvalue weighted by Crippen LogP contribution is -1.98. The summed E-state index contributed by atoms with van der Waals surface area (Å²) >= 11 is 0. The summed E-state index contributed by atoms with van der Waals surface area (Å²) in [5, 5.41) is 19.6. The van der Waals surface area contributed by atoms with Crippen LogP contribution in [-0.4, -0.2) is 29.3 Å². The van der Waals surface area contributed by atoms with Crippen molar-refractivity contribution < 1.29 is 24.5 Å². The smallest absolute Gasteiger partial charge is 0.332 e. The van der Waals surface area contributed by atoms with Gasteiger partial charge in [0.15, 0.2) is 0 Å². The number of aliphatic hydroxyl groups excluding tert-OH is 1. The van der Waals surface area contributed by atoms with Crippen molar-refractivity contribution in [2.45, 2.75) is 13.8 Å². The maximum atomic E-state index is 11.1. The molecule has 0 aliphatic carbocycles. The van der Waals surface area contributed by atoms with Crippen LogP contribution >= 0.6 is 0 Å². The van der Waals surface area contributed by atoms with E-state index in [9.17, 15) is 14.7 Å². The summed E-state index contributed by atoms with van der Waals surface area (Å²) in [5.41, 5.74) is 2.63. The number of allylic oxidation sites excluding steroid dienone is 3. The molecule has 30 heavy (non-hydrogen) atoms. The zero-order valence-corrected chi connectivity index (χ0v) is 17.3. The molecule has 0 fully saturated rings. The topological polar surface area (TPSA) is 83.8 Å². The fraction of sp³-hybridized carbons (Fsp3) is 0.120. The Kier molecular flexibility index (Phi) is 10.1. The van der Waals surface area contributed by atoms with Crippen LogP contribution in [0, 0.1) is 0 Å². The van der Waals surface area contributed by atoms with Crippen LogP contribution in [0.15, 0.2) is 96.1 Å². The summed E-state index contributed by atoms with van der Waals surface area (Å²) in [7, 11) is 1.33. The Balaban J connectivity index is 0.000000553. The molecule has 0 saturated heterocycles. The molecule has 2 rings (SSSR count). The van der Waals surface area contributed by atoms with Gasteiger partial charge in [0, 0.05) is 22.3 Å². The SMILES string of the molecule is C=C(C)C(=O)OC.CC(=CC(C=Cc1ccccc1)=C(O)c1ccccc1)C(=O)O. The zero-order chi connectivity index (χ0) is 22.5. The summed E-state index contributed by atoms with van der Waals surface area (Å²) in [4.78, 5) is 21.3. The number of carboxylic acid groups (broad SMARTS) is 1. The molecular formula is C25H26O5. The van der Waals surface area contributed by atoms with Crippen LogP contribution in [0.5, 0.6) is 0 Å². The second-order valence-electron chi connectivity index (χ2n) is 6.32. The standard InChI is InChI=1S/C20H18O3.C5H8O2/c1-15(20(22)23)14-18(13-12-16-8-4-2-5-9-16)19(21)17-10-6-3-7-11-17;1-4(2)5(6)7-3/h2-14,21H,1H3,(H,22,23);1H2,2-3H3. The molecule has 0 saturated carbocycles. The highest BCUT2D eigenvalue weighted by molar-refractivity contribution is 5.88. The molecule has 0 aromatic heterocycles. The first kappa shape index (κ1) is 24.2. The van der Waals surface area contributed by atoms with E-state index in [4.69, 9.17) is 5.11 Å². The summed E-state index contributed by atoms with van der Waals surface area (Å²) in [6.07, 6.45) is 5.01. The van der Waals surface area contributed by atoms with E-state index in [0.29, 0.717) is 16.7 Å². The lowest BCUT2D eigenvalue weighted by atomic mass is 10.0. The Bertz CT molecular complexity index is 952. The van der Waals surface area contributed by atoms with Crippen LogP contribution in [-0.2, 0) is 14.3 Å². The summed E-state index contributed by atoms with van der Waals surface area (Å²) in [5.74, 6) is -1.32. The molecule has 0 bridgehead atoms. The van der Waals surface area contributed by atoms with Crippen LogP contribution < -0.4 is 0 Å². The first-order valence-corrected chi connectivity index (χ1v) is 9.13. The number of esters is 1. The number of methoxy groups -OCH3 is 1. The number of ether oxygens (including phenoxy) is 1. The molecule has 2 aromatic carbocycles. The lowest BCUT2D eigenvalue weighted by Gasteiger charge is -2.05. The minimum absolute atomic E-state index is 0.0402. The van der Waals surface area contributed by atoms with Gasteiger partial charge in [-0.3, -0.25) is 0 Å². The number of rotatable bonds is 6. The lowest BCUT2D eigenvalue weighted by molar-refractivity contribution is -0.136. The molecule has 0 unspecified atom stereocenters. The number of aliphatic carboxylic acids is 1. The summed E-state index contributed by atoms with van der Waals surface area (Å²) in [6.45, 7) is 6.45. The third-order valence-corrected chi connectivity index (χ3v) is 3.82. The average Bonchev–Trinajstić information content (AvgIpc) is 2.76. The fourth-order valence-electron chi connectivity index (χ4n) is 2.18. The van der Waals surface area contributed by atoms with Gasteiger partial charge in [-0.05, 0) is 25.5 Å². The maximum absolute atomic E-state index is 11.1. The number of carbonyl (C=O) groups is 2. The first-order valence-electron chi connectivity index (χ1n) is 9.13. The van der Waals surface area contributed by atoms with Gasteiger partial charge in [0.25, 0.3) is 0 Å². The molecule has 0 spiro atoms. The first-order chi connectivity index (χ1) is 14.3. The van der Waals surface area contributed by atoms with Crippen molar-refractivity contribution in [2.24, 2.45) is 0 Å². The van der Waals surface area contributed by atoms with Crippen LogP contribution in [0.1, 0.15) is 25.0 Å². The Morgan fingerprint density at radius 3 is 1.90 bits per heavy atom. The summed E-state index contributed by atoms with van der Waals surface area (Å²) < 4.78 is 4.27. The fourth-order valence-corrected chi connectivity index (χ4v) is 2.18. The second kappa shape index (κ2) is 12.6. The molecule has 0 atom stereocenters. The van der Waals surface area contributed by atoms with Crippen molar-refractivity contribution in [3.8, 4) is 0 Å². The van der Waals surface area contributed by atoms with Crippen molar-refractivity contribution in [1.29, 1.82) is 0 Å². The van der Waals surface area contributed by atoms with Gasteiger partial charge in [0.05, 0.1) is 7.11 Å². The van der Waals surface area contributed by atoms with Gasteiger partial charge in [-0.1, -0.05) is 79.4 Å². The van der Waals surface area contributed by atoms with E-state index in [1.807, 2.05) is 54.6 Å². The van der Waals surface area contributed by atoms with Gasteiger partial charge in [-0.2, -0.15) is 0 Å². The normalized spacial score (nSPS) is 11.8. The highest BCUT2D eigenvalue weighted by atomic mass is 16.5. The monoisotopic (exact) mass is 406 g/mol. The van der Waals surface area contributed by atoms with E-state index in [-0.39, 0.29) is 17.3 Å². The van der Waals surface area contributed by atoms with Crippen molar-refractivity contribution in [3.05, 3.63) is 107 Å². The van der Waals surface area contributed by atoms with Crippen molar-refractivity contribution in [3.63, 3.8) is 0 Å². The van der Waals surface area contributed by atoms with Crippen LogP contribution in [0.25, 0.3) is 11.8 Å². The summed E-state index contributed by atoms with van der Waals surface area (Å²) in [6, 6.07) is 18.7. The number of hydrogen-bond acceptors (Lipinski definition) is 4. The molecule has 156 valence electrons. The van der Waals surface area contributed by atoms with E-state index >= 15 is 0 Å². The average molecular weight is 406 g/mol. The van der Waals surface area contributed by atoms with E-state index in [2.05, 4.69) is 11.3 Å². The van der Waals surface area contributed by atoms with E-state index < -0.39 is 5.97 Å². The molecule has 5 nitrogen and oxygen atoms in total. The molecule has 0 amide bonds. The second-order valence-corrected chi connectivity index (χ2v) is 6.32. The zero-order valence-electron chi connectivity index (χ0n) is 17.3. The number of carboxylic acids is 1. The predicted molar refractivity (Wildman–Crippen MR) is 120 cm³/mol. The Hall–Kier alpha value is -3.86. The Morgan fingerprint density at radius 2 is 1.47 bits per heavy atom.